The molecule has 2 aliphatic heterocycles. The minimum Gasteiger partial charge on any atom is -0.345 e. The average molecular weight is 1060 g/mol. The van der Waals surface area contributed by atoms with E-state index >= 15 is 0 Å². The van der Waals surface area contributed by atoms with Gasteiger partial charge in [0.25, 0.3) is 11.8 Å². The number of carbonyl (C=O) groups is 9. The molecule has 7 N–H and O–H groups in total. The summed E-state index contributed by atoms with van der Waals surface area (Å²) in [5.41, 5.74) is 2.66. The molecule has 6 atom stereocenters. The molecule has 0 saturated carbocycles. The molecule has 5 aromatic rings. The first-order chi connectivity index (χ1) is 37.6. The molecule has 0 radical (unpaired) electrons. The minimum absolute atomic E-state index is 0.0302. The Balaban J connectivity index is 0.982. The van der Waals surface area contributed by atoms with Crippen LogP contribution in [0, 0.1) is 11.8 Å². The van der Waals surface area contributed by atoms with Crippen LogP contribution in [0.3, 0.4) is 0 Å². The quantitative estimate of drug-likeness (QED) is 0.0524. The number of amides is 9. The number of aromatic nitrogens is 2. The maximum absolute atomic E-state index is 14.4. The predicted octanol–water partition coefficient (Wildman–Crippen LogP) is 3.82. The summed E-state index contributed by atoms with van der Waals surface area (Å²) in [6.45, 7) is 7.25. The standard InChI is InChI=1S/C58H67N11O9/c1-36(2)49(56(76)62-42-22-11-20-40(32-42)58(78)69-29-15-24-46(69)54(74)61-35-48(70)68-28-14-25-47(68)55(75)63-43-23-13-27-60-34-43)66-53(73)45(31-39-18-9-6-10-19-39)65-57(77)50(37(3)4)67-52(72)44(30-38-16-7-5-8-17-38)64-51(71)41-21-12-26-59-33-41/h5-13,16-23,26-27,32-34,36-37,44-47,49-50H,14-15,24-25,28-31,35H2,1-4H3,(H,61,74)(H,62,76)(H,63,75)(H,64,71)(H,65,77)(H,66,73)(H,67,72)/t44-,45-,46-,47-,49+,50+/m0/s1. The molecule has 2 fully saturated rings. The van der Waals surface area contributed by atoms with Crippen LogP contribution in [0.2, 0.25) is 0 Å². The number of nitrogens with one attached hydrogen (secondary N) is 7. The van der Waals surface area contributed by atoms with Crippen molar-refractivity contribution in [3.05, 3.63) is 156 Å². The van der Waals surface area contributed by atoms with E-state index in [1.54, 1.807) is 101 Å². The lowest BCUT2D eigenvalue weighted by molar-refractivity contribution is -0.137. The van der Waals surface area contributed by atoms with Gasteiger partial charge in [0.2, 0.25) is 41.4 Å². The summed E-state index contributed by atoms with van der Waals surface area (Å²) < 4.78 is 0. The molecular formula is C58H67N11O9. The van der Waals surface area contributed by atoms with Gasteiger partial charge in [-0.1, -0.05) is 94.4 Å². The Bertz CT molecular complexity index is 2910. The van der Waals surface area contributed by atoms with Crippen LogP contribution < -0.4 is 37.2 Å². The van der Waals surface area contributed by atoms with E-state index in [0.29, 0.717) is 43.5 Å². The first kappa shape index (κ1) is 56.9. The van der Waals surface area contributed by atoms with E-state index in [1.165, 1.54) is 34.5 Å². The van der Waals surface area contributed by atoms with Crippen LogP contribution in [0.1, 0.15) is 85.2 Å². The van der Waals surface area contributed by atoms with Crippen molar-refractivity contribution in [1.29, 1.82) is 0 Å². The molecule has 408 valence electrons. The summed E-state index contributed by atoms with van der Waals surface area (Å²) in [4.78, 5) is 135. The Kier molecular flexibility index (Phi) is 19.9. The summed E-state index contributed by atoms with van der Waals surface area (Å²) in [6.07, 6.45) is 8.14. The van der Waals surface area contributed by atoms with E-state index in [4.69, 9.17) is 0 Å². The monoisotopic (exact) mass is 1060 g/mol. The second kappa shape index (κ2) is 27.3. The Hall–Kier alpha value is -8.81. The third-order valence-electron chi connectivity index (χ3n) is 13.6. The van der Waals surface area contributed by atoms with Crippen LogP contribution in [0.25, 0.3) is 0 Å². The Morgan fingerprint density at radius 1 is 0.526 bits per heavy atom. The van der Waals surface area contributed by atoms with Gasteiger partial charge in [-0.15, -0.1) is 0 Å². The van der Waals surface area contributed by atoms with Gasteiger partial charge >= 0.3 is 0 Å². The molecule has 0 unspecified atom stereocenters. The Labute approximate surface area is 453 Å². The molecule has 0 aliphatic carbocycles. The normalized spacial score (nSPS) is 16.5. The molecule has 3 aromatic carbocycles. The van der Waals surface area contributed by atoms with Crippen LogP contribution in [0.5, 0.6) is 0 Å². The van der Waals surface area contributed by atoms with Crippen molar-refractivity contribution in [1.82, 2.24) is 46.4 Å². The number of rotatable bonds is 22. The lowest BCUT2D eigenvalue weighted by Crippen LogP contribution is -2.60. The van der Waals surface area contributed by atoms with Gasteiger partial charge in [-0.25, -0.2) is 0 Å². The van der Waals surface area contributed by atoms with E-state index in [9.17, 15) is 43.2 Å². The van der Waals surface area contributed by atoms with E-state index in [1.807, 2.05) is 36.4 Å². The lowest BCUT2D eigenvalue weighted by atomic mass is 9.98. The fourth-order valence-electron chi connectivity index (χ4n) is 9.48. The number of anilines is 2. The van der Waals surface area contributed by atoms with E-state index in [-0.39, 0.29) is 48.7 Å². The van der Waals surface area contributed by atoms with Gasteiger partial charge in [-0.3, -0.25) is 53.1 Å². The summed E-state index contributed by atoms with van der Waals surface area (Å²) in [5, 5.41) is 19.6. The molecule has 2 saturated heterocycles. The molecule has 9 amide bonds. The van der Waals surface area contributed by atoms with E-state index in [0.717, 1.165) is 5.56 Å². The largest absolute Gasteiger partial charge is 0.345 e. The fourth-order valence-corrected chi connectivity index (χ4v) is 9.48. The van der Waals surface area contributed by atoms with Gasteiger partial charge in [0.1, 0.15) is 36.3 Å². The second-order valence-corrected chi connectivity index (χ2v) is 20.1. The molecule has 2 aromatic heterocycles. The fraction of sp³-hybridized carbons (Fsp3) is 0.362. The Morgan fingerprint density at radius 3 is 1.64 bits per heavy atom. The minimum atomic E-state index is -1.22. The number of likely N-dealkylation sites (tertiary alicyclic amines) is 2. The number of nitrogens with zero attached hydrogens (tertiary/aromatic N) is 4. The van der Waals surface area contributed by atoms with Crippen molar-refractivity contribution in [3.63, 3.8) is 0 Å². The highest BCUT2D eigenvalue weighted by atomic mass is 16.2. The summed E-state index contributed by atoms with van der Waals surface area (Å²) in [7, 11) is 0. The third kappa shape index (κ3) is 15.4. The van der Waals surface area contributed by atoms with Gasteiger partial charge in [0.05, 0.1) is 24.0 Å². The summed E-state index contributed by atoms with van der Waals surface area (Å²) >= 11 is 0. The maximum atomic E-state index is 14.4. The van der Waals surface area contributed by atoms with Gasteiger partial charge < -0.3 is 47.0 Å². The second-order valence-electron chi connectivity index (χ2n) is 20.1. The van der Waals surface area contributed by atoms with Crippen LogP contribution in [0.15, 0.2) is 134 Å². The molecule has 0 spiro atoms. The SMILES string of the molecule is CC(C)[C@@H](NC(=O)[C@H](Cc1ccccc1)NC(=O)[C@H](NC(=O)[C@H](Cc1ccccc1)NC(=O)c1cccnc1)C(C)C)C(=O)Nc1cccc(C(=O)N2CCC[C@H]2C(=O)NCC(=O)N2CCC[C@H]2C(=O)Nc2cccnc2)c1. The van der Waals surface area contributed by atoms with Crippen LogP contribution >= 0.6 is 0 Å². The van der Waals surface area contributed by atoms with Crippen molar-refractivity contribution in [3.8, 4) is 0 Å². The van der Waals surface area contributed by atoms with Crippen molar-refractivity contribution < 1.29 is 43.2 Å². The lowest BCUT2D eigenvalue weighted by Gasteiger charge is -2.29. The molecule has 78 heavy (non-hydrogen) atoms. The van der Waals surface area contributed by atoms with Crippen molar-refractivity contribution in [2.45, 2.75) is 102 Å². The van der Waals surface area contributed by atoms with Crippen molar-refractivity contribution in [2.24, 2.45) is 11.8 Å². The van der Waals surface area contributed by atoms with Gasteiger partial charge in [-0.2, -0.15) is 0 Å². The zero-order valence-corrected chi connectivity index (χ0v) is 44.1. The number of carbonyl (C=O) groups excluding carboxylic acids is 9. The van der Waals surface area contributed by atoms with Gasteiger partial charge in [0.15, 0.2) is 0 Å². The van der Waals surface area contributed by atoms with Crippen molar-refractivity contribution >= 4 is 64.5 Å². The van der Waals surface area contributed by atoms with Crippen LogP contribution in [-0.2, 0) is 46.4 Å². The number of pyridine rings is 2. The number of hydrogen-bond acceptors (Lipinski definition) is 11. The topological polar surface area (TPSA) is 270 Å². The van der Waals surface area contributed by atoms with Crippen LogP contribution in [-0.4, -0.2) is 129 Å². The highest BCUT2D eigenvalue weighted by molar-refractivity contribution is 6.03. The first-order valence-electron chi connectivity index (χ1n) is 26.3. The zero-order chi connectivity index (χ0) is 55.7. The maximum Gasteiger partial charge on any atom is 0.254 e. The molecule has 7 rings (SSSR count). The molecule has 20 nitrogen and oxygen atoms in total. The first-order valence-corrected chi connectivity index (χ1v) is 26.3. The number of benzene rings is 3. The van der Waals surface area contributed by atoms with Gasteiger partial charge in [0, 0.05) is 55.8 Å². The molecule has 0 bridgehead atoms. The Morgan fingerprint density at radius 2 is 1.06 bits per heavy atom. The van der Waals surface area contributed by atoms with Crippen molar-refractivity contribution in [2.75, 3.05) is 30.3 Å². The average Bonchev–Trinajstić information content (AvgIpc) is 4.17. The van der Waals surface area contributed by atoms with E-state index in [2.05, 4.69) is 47.2 Å². The predicted molar refractivity (Wildman–Crippen MR) is 291 cm³/mol. The molecule has 4 heterocycles. The third-order valence-corrected chi connectivity index (χ3v) is 13.6. The molecule has 2 aliphatic rings. The van der Waals surface area contributed by atoms with E-state index < -0.39 is 95.3 Å². The number of hydrogen-bond donors (Lipinski definition) is 7. The van der Waals surface area contributed by atoms with Crippen LogP contribution in [0.4, 0.5) is 11.4 Å². The highest BCUT2D eigenvalue weighted by Gasteiger charge is 2.38. The highest BCUT2D eigenvalue weighted by Crippen LogP contribution is 2.24. The smallest absolute Gasteiger partial charge is 0.254 e. The van der Waals surface area contributed by atoms with Gasteiger partial charge in [-0.05, 0) is 91.1 Å². The summed E-state index contributed by atoms with van der Waals surface area (Å²) in [5.74, 6) is -5.77. The zero-order valence-electron chi connectivity index (χ0n) is 44.1. The molecule has 20 heteroatoms. The molecular weight excluding hydrogens is 995 g/mol. The summed E-state index contributed by atoms with van der Waals surface area (Å²) in [6, 6.07) is 24.7.